The molecule has 1 aliphatic rings. The average Bonchev–Trinajstić information content (AvgIpc) is 3.33. The Morgan fingerprint density at radius 3 is 3.00 bits per heavy atom. The summed E-state index contributed by atoms with van der Waals surface area (Å²) >= 11 is 1.17. The molecule has 0 bridgehead atoms. The first kappa shape index (κ1) is 15.4. The van der Waals surface area contributed by atoms with Crippen molar-refractivity contribution >= 4 is 23.4 Å². The van der Waals surface area contributed by atoms with E-state index in [1.165, 1.54) is 22.7 Å². The van der Waals surface area contributed by atoms with Gasteiger partial charge in [-0.15, -0.1) is 10.2 Å². The molecule has 0 atom stereocenters. The van der Waals surface area contributed by atoms with Crippen molar-refractivity contribution in [3.05, 3.63) is 36.6 Å². The van der Waals surface area contributed by atoms with Crippen molar-refractivity contribution in [1.29, 1.82) is 0 Å². The third kappa shape index (κ3) is 3.11. The number of fused-ring (bicyclic) bond motifs is 1. The molecule has 1 aromatic carbocycles. The lowest BCUT2D eigenvalue weighted by Crippen LogP contribution is -2.16. The largest absolute Gasteiger partial charge is 0.461 e. The molecule has 3 aromatic rings. The molecule has 4 rings (SSSR count). The third-order valence-corrected chi connectivity index (χ3v) is 4.34. The van der Waals surface area contributed by atoms with Crippen LogP contribution in [0.2, 0.25) is 0 Å². The second kappa shape index (κ2) is 6.40. The molecule has 0 unspecified atom stereocenters. The highest BCUT2D eigenvalue weighted by Crippen LogP contribution is 2.34. The van der Waals surface area contributed by atoms with Crippen LogP contribution < -0.4 is 20.6 Å². The molecule has 2 aromatic heterocycles. The van der Waals surface area contributed by atoms with Crippen molar-refractivity contribution in [2.75, 3.05) is 23.7 Å². The predicted octanol–water partition coefficient (Wildman–Crippen LogP) is 1.71. The zero-order valence-electron chi connectivity index (χ0n) is 12.8. The van der Waals surface area contributed by atoms with E-state index in [4.69, 9.17) is 19.7 Å². The molecule has 0 spiro atoms. The number of nitrogens with two attached hydrogens (primary N) is 1. The van der Waals surface area contributed by atoms with Crippen LogP contribution in [0.25, 0.3) is 11.6 Å². The second-order valence-corrected chi connectivity index (χ2v) is 6.00. The van der Waals surface area contributed by atoms with Gasteiger partial charge in [0.25, 0.3) is 0 Å². The Balaban J connectivity index is 1.38. The molecule has 0 saturated carbocycles. The van der Waals surface area contributed by atoms with Crippen LogP contribution in [0.15, 0.2) is 46.2 Å². The van der Waals surface area contributed by atoms with E-state index in [0.29, 0.717) is 33.9 Å². The number of nitrogen functional groups attached to an aromatic ring is 1. The quantitative estimate of drug-likeness (QED) is 0.522. The molecule has 3 N–H and O–H groups in total. The molecule has 0 saturated heterocycles. The number of ether oxygens (including phenoxy) is 2. The fourth-order valence-corrected chi connectivity index (χ4v) is 2.91. The Morgan fingerprint density at radius 2 is 2.16 bits per heavy atom. The smallest absolute Gasteiger partial charge is 0.234 e. The number of nitrogens with one attached hydrogen (secondary N) is 1. The lowest BCUT2D eigenvalue weighted by Gasteiger charge is -2.06. The summed E-state index contributed by atoms with van der Waals surface area (Å²) < 4.78 is 17.0. The number of anilines is 1. The Bertz CT molecular complexity index is 909. The maximum absolute atomic E-state index is 12.1. The number of benzene rings is 1. The van der Waals surface area contributed by atoms with Gasteiger partial charge < -0.3 is 25.1 Å². The molecule has 10 heteroatoms. The Hall–Kier alpha value is -3.14. The summed E-state index contributed by atoms with van der Waals surface area (Å²) in [4.78, 5) is 12.1. The van der Waals surface area contributed by atoms with Crippen LogP contribution in [0.4, 0.5) is 5.69 Å². The first-order chi connectivity index (χ1) is 12.2. The number of aromatic nitrogens is 3. The minimum atomic E-state index is -0.202. The Labute approximate surface area is 146 Å². The van der Waals surface area contributed by atoms with Crippen LogP contribution in [0.1, 0.15) is 0 Å². The number of hydrogen-bond acceptors (Lipinski definition) is 8. The first-order valence-electron chi connectivity index (χ1n) is 7.27. The molecule has 25 heavy (non-hydrogen) atoms. The summed E-state index contributed by atoms with van der Waals surface area (Å²) in [5, 5.41) is 11.1. The van der Waals surface area contributed by atoms with Crippen LogP contribution in [-0.2, 0) is 4.79 Å². The fourth-order valence-electron chi connectivity index (χ4n) is 2.25. The highest BCUT2D eigenvalue weighted by molar-refractivity contribution is 7.99. The number of carbonyl (C=O) groups excluding carboxylic acids is 1. The highest BCUT2D eigenvalue weighted by atomic mass is 32.2. The van der Waals surface area contributed by atoms with E-state index in [9.17, 15) is 4.79 Å². The molecule has 9 nitrogen and oxygen atoms in total. The first-order valence-corrected chi connectivity index (χ1v) is 8.26. The van der Waals surface area contributed by atoms with Gasteiger partial charge in [-0.05, 0) is 24.3 Å². The van der Waals surface area contributed by atoms with Gasteiger partial charge in [0.1, 0.15) is 0 Å². The summed E-state index contributed by atoms with van der Waals surface area (Å²) in [7, 11) is 0. The monoisotopic (exact) mass is 359 g/mol. The van der Waals surface area contributed by atoms with E-state index >= 15 is 0 Å². The molecule has 1 amide bonds. The maximum Gasteiger partial charge on any atom is 0.234 e. The summed E-state index contributed by atoms with van der Waals surface area (Å²) in [6.07, 6.45) is 1.52. The van der Waals surface area contributed by atoms with Gasteiger partial charge in [-0.1, -0.05) is 11.8 Å². The normalized spacial score (nSPS) is 12.3. The number of nitrogens with zero attached hydrogens (tertiary/aromatic N) is 3. The topological polar surface area (TPSA) is 117 Å². The van der Waals surface area contributed by atoms with Gasteiger partial charge in [-0.25, -0.2) is 4.68 Å². The minimum Gasteiger partial charge on any atom is -0.461 e. The van der Waals surface area contributed by atoms with Crippen LogP contribution in [0.5, 0.6) is 11.5 Å². The van der Waals surface area contributed by atoms with Gasteiger partial charge in [0.15, 0.2) is 17.3 Å². The minimum absolute atomic E-state index is 0.127. The van der Waals surface area contributed by atoms with E-state index in [1.807, 2.05) is 0 Å². The molecule has 0 radical (unpaired) electrons. The summed E-state index contributed by atoms with van der Waals surface area (Å²) in [6, 6.07) is 8.67. The van der Waals surface area contributed by atoms with Crippen molar-refractivity contribution in [2.24, 2.45) is 0 Å². The third-order valence-electron chi connectivity index (χ3n) is 3.39. The molecule has 3 heterocycles. The van der Waals surface area contributed by atoms with Crippen LogP contribution in [0, 0.1) is 0 Å². The zero-order valence-corrected chi connectivity index (χ0v) is 13.7. The van der Waals surface area contributed by atoms with Gasteiger partial charge >= 0.3 is 0 Å². The maximum atomic E-state index is 12.1. The molecular weight excluding hydrogens is 346 g/mol. The van der Waals surface area contributed by atoms with Crippen molar-refractivity contribution < 1.29 is 18.7 Å². The number of carbonyl (C=O) groups is 1. The van der Waals surface area contributed by atoms with E-state index in [2.05, 4.69) is 15.5 Å². The second-order valence-electron chi connectivity index (χ2n) is 5.06. The Kier molecular flexibility index (Phi) is 3.94. The predicted molar refractivity (Wildman–Crippen MR) is 89.8 cm³/mol. The van der Waals surface area contributed by atoms with Crippen molar-refractivity contribution in [3.63, 3.8) is 0 Å². The fraction of sp³-hybridized carbons (Fsp3) is 0.133. The van der Waals surface area contributed by atoms with Gasteiger partial charge in [-0.2, -0.15) is 0 Å². The molecule has 128 valence electrons. The van der Waals surface area contributed by atoms with Crippen molar-refractivity contribution in [1.82, 2.24) is 14.9 Å². The number of hydrogen-bond donors (Lipinski definition) is 2. The number of thioether (sulfide) groups is 1. The zero-order chi connectivity index (χ0) is 17.2. The van der Waals surface area contributed by atoms with E-state index in [0.717, 1.165) is 0 Å². The van der Waals surface area contributed by atoms with Gasteiger partial charge in [0.2, 0.25) is 23.7 Å². The summed E-state index contributed by atoms with van der Waals surface area (Å²) in [5.41, 5.74) is 0.625. The van der Waals surface area contributed by atoms with E-state index in [1.54, 1.807) is 30.3 Å². The van der Waals surface area contributed by atoms with Crippen molar-refractivity contribution in [2.45, 2.75) is 5.16 Å². The lowest BCUT2D eigenvalue weighted by atomic mass is 10.3. The SMILES string of the molecule is Nn1c(SCC(=O)Nc2ccc3c(c2)OCO3)nnc1-c1ccco1. The van der Waals surface area contributed by atoms with E-state index in [-0.39, 0.29) is 18.5 Å². The summed E-state index contributed by atoms with van der Waals surface area (Å²) in [5.74, 6) is 8.03. The van der Waals surface area contributed by atoms with Crippen LogP contribution >= 0.6 is 11.8 Å². The molecule has 1 aliphatic heterocycles. The molecule has 0 fully saturated rings. The van der Waals surface area contributed by atoms with Crippen molar-refractivity contribution in [3.8, 4) is 23.1 Å². The number of furan rings is 1. The Morgan fingerprint density at radius 1 is 1.28 bits per heavy atom. The van der Waals surface area contributed by atoms with Gasteiger partial charge in [0, 0.05) is 11.8 Å². The van der Waals surface area contributed by atoms with E-state index < -0.39 is 0 Å². The standard InChI is InChI=1S/C15H13N5O4S/c16-20-14(11-2-1-5-22-11)18-19-15(20)25-7-13(21)17-9-3-4-10-12(6-9)24-8-23-10/h1-6H,7-8,16H2,(H,17,21). The number of amides is 1. The van der Waals surface area contributed by atoms with Gasteiger partial charge in [0.05, 0.1) is 12.0 Å². The lowest BCUT2D eigenvalue weighted by molar-refractivity contribution is -0.113. The summed E-state index contributed by atoms with van der Waals surface area (Å²) in [6.45, 7) is 0.187. The highest BCUT2D eigenvalue weighted by Gasteiger charge is 2.17. The number of rotatable bonds is 5. The molecular formula is C15H13N5O4S. The van der Waals surface area contributed by atoms with Crippen LogP contribution in [0.3, 0.4) is 0 Å². The molecule has 0 aliphatic carbocycles. The van der Waals surface area contributed by atoms with Crippen LogP contribution in [-0.4, -0.2) is 33.3 Å². The average molecular weight is 359 g/mol. The van der Waals surface area contributed by atoms with Gasteiger partial charge in [-0.3, -0.25) is 4.79 Å².